The van der Waals surface area contributed by atoms with Crippen LogP contribution in [0.5, 0.6) is 0 Å². The Balaban J connectivity index is 1.53. The van der Waals surface area contributed by atoms with E-state index in [4.69, 9.17) is 5.10 Å². The number of nitrogens with zero attached hydrogens (tertiary/aromatic N) is 5. The van der Waals surface area contributed by atoms with Crippen molar-refractivity contribution in [1.29, 1.82) is 0 Å². The Kier molecular flexibility index (Phi) is 3.39. The van der Waals surface area contributed by atoms with Gasteiger partial charge in [0.05, 0.1) is 22.8 Å². The number of rotatable bonds is 2. The van der Waals surface area contributed by atoms with Crippen molar-refractivity contribution in [3.8, 4) is 5.82 Å². The van der Waals surface area contributed by atoms with E-state index in [1.165, 1.54) is 22.4 Å². The third-order valence-corrected chi connectivity index (χ3v) is 6.13. The molecule has 1 saturated heterocycles. The van der Waals surface area contributed by atoms with Crippen LogP contribution in [0, 0.1) is 13.8 Å². The minimum Gasteiger partial charge on any atom is -0.317 e. The first kappa shape index (κ1) is 15.0. The number of imidazole rings is 1. The quantitative estimate of drug-likeness (QED) is 0.602. The second-order valence-electron chi connectivity index (χ2n) is 6.83. The first-order valence-electron chi connectivity index (χ1n) is 8.71. The molecule has 128 valence electrons. The molecule has 6 nitrogen and oxygen atoms in total. The molecule has 0 aromatic carbocycles. The molecule has 5 heterocycles. The molecular formula is C18H20N6S. The van der Waals surface area contributed by atoms with Gasteiger partial charge in [-0.05, 0) is 63.4 Å². The summed E-state index contributed by atoms with van der Waals surface area (Å²) < 4.78 is 4.96. The summed E-state index contributed by atoms with van der Waals surface area (Å²) in [6.07, 6.45) is 6.50. The Bertz CT molecular complexity index is 1030. The Labute approximate surface area is 149 Å². The fourth-order valence-corrected chi connectivity index (χ4v) is 4.79. The number of piperidine rings is 1. The number of thiophene rings is 1. The van der Waals surface area contributed by atoms with Crippen LogP contribution in [0.1, 0.15) is 34.9 Å². The zero-order valence-corrected chi connectivity index (χ0v) is 15.2. The van der Waals surface area contributed by atoms with Crippen LogP contribution in [0.2, 0.25) is 0 Å². The molecule has 0 unspecified atom stereocenters. The minimum atomic E-state index is 0.680. The van der Waals surface area contributed by atoms with E-state index in [9.17, 15) is 0 Å². The first-order chi connectivity index (χ1) is 12.2. The molecule has 4 aromatic heterocycles. The molecule has 0 saturated carbocycles. The number of aromatic nitrogens is 5. The van der Waals surface area contributed by atoms with Crippen molar-refractivity contribution < 1.29 is 0 Å². The molecule has 0 atom stereocenters. The van der Waals surface area contributed by atoms with Crippen molar-refractivity contribution in [2.75, 3.05) is 13.1 Å². The summed E-state index contributed by atoms with van der Waals surface area (Å²) in [7, 11) is 0. The summed E-state index contributed by atoms with van der Waals surface area (Å²) in [5, 5.41) is 12.9. The molecule has 0 spiro atoms. The van der Waals surface area contributed by atoms with Gasteiger partial charge in [0, 0.05) is 4.88 Å². The van der Waals surface area contributed by atoms with Crippen LogP contribution in [-0.2, 0) is 0 Å². The maximum absolute atomic E-state index is 4.77. The summed E-state index contributed by atoms with van der Waals surface area (Å²) in [4.78, 5) is 5.98. The summed E-state index contributed by atoms with van der Waals surface area (Å²) in [6, 6.07) is 4.31. The van der Waals surface area contributed by atoms with E-state index in [0.29, 0.717) is 5.92 Å². The Morgan fingerprint density at radius 2 is 1.96 bits per heavy atom. The molecule has 1 fully saturated rings. The van der Waals surface area contributed by atoms with Gasteiger partial charge < -0.3 is 5.32 Å². The normalized spacial score (nSPS) is 16.2. The van der Waals surface area contributed by atoms with Crippen LogP contribution in [0.25, 0.3) is 21.7 Å². The monoisotopic (exact) mass is 352 g/mol. The summed E-state index contributed by atoms with van der Waals surface area (Å²) in [6.45, 7) is 6.29. The molecule has 25 heavy (non-hydrogen) atoms. The predicted octanol–water partition coefficient (Wildman–Crippen LogP) is 3.21. The van der Waals surface area contributed by atoms with Crippen molar-refractivity contribution >= 4 is 27.2 Å². The molecule has 0 radical (unpaired) electrons. The van der Waals surface area contributed by atoms with E-state index < -0.39 is 0 Å². The summed E-state index contributed by atoms with van der Waals surface area (Å²) in [5.41, 5.74) is 4.05. The van der Waals surface area contributed by atoms with Crippen LogP contribution in [0.4, 0.5) is 0 Å². The lowest BCUT2D eigenvalue weighted by Crippen LogP contribution is -2.26. The molecule has 4 aromatic rings. The van der Waals surface area contributed by atoms with Gasteiger partial charge in [0.15, 0.2) is 11.5 Å². The standard InChI is InChI=1S/C18H20N6S/c1-11-7-17(22-24-9-12(2)20-18(11)24)23-10-16-14(21-23)8-15(25-16)13-3-5-19-6-4-13/h7-10,13,19H,3-6H2,1-2H3. The fourth-order valence-electron chi connectivity index (χ4n) is 3.61. The Morgan fingerprint density at radius 3 is 2.76 bits per heavy atom. The predicted molar refractivity (Wildman–Crippen MR) is 99.8 cm³/mol. The molecule has 1 aliphatic rings. The van der Waals surface area contributed by atoms with Crippen LogP contribution >= 0.6 is 11.3 Å². The lowest BCUT2D eigenvalue weighted by Gasteiger charge is -2.21. The van der Waals surface area contributed by atoms with E-state index in [-0.39, 0.29) is 0 Å². The van der Waals surface area contributed by atoms with Gasteiger partial charge in [0.25, 0.3) is 0 Å². The van der Waals surface area contributed by atoms with E-state index in [1.807, 2.05) is 39.7 Å². The number of aryl methyl sites for hydroxylation is 2. The van der Waals surface area contributed by atoms with Gasteiger partial charge in [-0.3, -0.25) is 0 Å². The van der Waals surface area contributed by atoms with Gasteiger partial charge in [-0.2, -0.15) is 5.10 Å². The van der Waals surface area contributed by atoms with Gasteiger partial charge >= 0.3 is 0 Å². The van der Waals surface area contributed by atoms with Crippen LogP contribution in [-0.4, -0.2) is 37.5 Å². The lowest BCUT2D eigenvalue weighted by molar-refractivity contribution is 0.465. The largest absolute Gasteiger partial charge is 0.317 e. The lowest BCUT2D eigenvalue weighted by atomic mass is 9.96. The maximum Gasteiger partial charge on any atom is 0.174 e. The fraction of sp³-hybridized carbons (Fsp3) is 0.389. The average Bonchev–Trinajstić information content (AvgIpc) is 3.27. The zero-order chi connectivity index (χ0) is 17.0. The maximum atomic E-state index is 4.77. The topological polar surface area (TPSA) is 60.0 Å². The third kappa shape index (κ3) is 2.54. The second-order valence-corrected chi connectivity index (χ2v) is 7.95. The average molecular weight is 352 g/mol. The molecule has 0 bridgehead atoms. The Hall–Kier alpha value is -2.25. The first-order valence-corrected chi connectivity index (χ1v) is 9.53. The molecule has 0 aliphatic carbocycles. The van der Waals surface area contributed by atoms with Gasteiger partial charge in [-0.25, -0.2) is 14.2 Å². The SMILES string of the molecule is Cc1cn2nc(-n3cc4sc(C5CCNCC5)cc4n3)cc(C)c2n1. The highest BCUT2D eigenvalue weighted by Crippen LogP contribution is 2.35. The summed E-state index contributed by atoms with van der Waals surface area (Å²) in [5.74, 6) is 1.51. The van der Waals surface area contributed by atoms with Crippen molar-refractivity contribution in [1.82, 2.24) is 29.7 Å². The van der Waals surface area contributed by atoms with E-state index in [0.717, 1.165) is 41.3 Å². The number of hydrogen-bond donors (Lipinski definition) is 1. The van der Waals surface area contributed by atoms with Crippen LogP contribution < -0.4 is 5.32 Å². The highest BCUT2D eigenvalue weighted by Gasteiger charge is 2.19. The molecule has 5 rings (SSSR count). The number of hydrogen-bond acceptors (Lipinski definition) is 5. The Morgan fingerprint density at radius 1 is 1.12 bits per heavy atom. The molecule has 1 aliphatic heterocycles. The van der Waals surface area contributed by atoms with Gasteiger partial charge in [0.2, 0.25) is 0 Å². The van der Waals surface area contributed by atoms with E-state index in [2.05, 4.69) is 34.6 Å². The molecule has 0 amide bonds. The smallest absolute Gasteiger partial charge is 0.174 e. The van der Waals surface area contributed by atoms with Crippen molar-refractivity contribution in [3.63, 3.8) is 0 Å². The second kappa shape index (κ2) is 5.64. The highest BCUT2D eigenvalue weighted by molar-refractivity contribution is 7.19. The van der Waals surface area contributed by atoms with Crippen molar-refractivity contribution in [3.05, 3.63) is 40.7 Å². The van der Waals surface area contributed by atoms with Crippen LogP contribution in [0.3, 0.4) is 0 Å². The van der Waals surface area contributed by atoms with Crippen LogP contribution in [0.15, 0.2) is 24.5 Å². The van der Waals surface area contributed by atoms with Gasteiger partial charge in [0.1, 0.15) is 5.52 Å². The number of nitrogens with one attached hydrogen (secondary N) is 1. The molecule has 1 N–H and O–H groups in total. The molecular weight excluding hydrogens is 332 g/mol. The third-order valence-electron chi connectivity index (χ3n) is 4.91. The summed E-state index contributed by atoms with van der Waals surface area (Å²) >= 11 is 1.87. The van der Waals surface area contributed by atoms with Crippen molar-refractivity contribution in [2.45, 2.75) is 32.6 Å². The van der Waals surface area contributed by atoms with E-state index >= 15 is 0 Å². The minimum absolute atomic E-state index is 0.680. The molecule has 7 heteroatoms. The number of fused-ring (bicyclic) bond motifs is 2. The van der Waals surface area contributed by atoms with Gasteiger partial charge in [-0.15, -0.1) is 16.4 Å². The zero-order valence-electron chi connectivity index (χ0n) is 14.4. The van der Waals surface area contributed by atoms with Gasteiger partial charge in [-0.1, -0.05) is 0 Å². The van der Waals surface area contributed by atoms with Crippen molar-refractivity contribution in [2.24, 2.45) is 0 Å². The highest BCUT2D eigenvalue weighted by atomic mass is 32.1. The van der Waals surface area contributed by atoms with E-state index in [1.54, 1.807) is 0 Å².